The summed E-state index contributed by atoms with van der Waals surface area (Å²) >= 11 is 7.47. The van der Waals surface area contributed by atoms with Crippen LogP contribution in [-0.2, 0) is 22.4 Å². The molecule has 0 aliphatic carbocycles. The number of amides is 1. The Morgan fingerprint density at radius 2 is 1.69 bits per heavy atom. The summed E-state index contributed by atoms with van der Waals surface area (Å²) in [5, 5.41) is 13.7. The predicted octanol–water partition coefficient (Wildman–Crippen LogP) is 5.94. The third-order valence-electron chi connectivity index (χ3n) is 5.88. The monoisotopic (exact) mass is 465 g/mol. The molecule has 1 atom stereocenters. The van der Waals surface area contributed by atoms with Crippen molar-refractivity contribution in [3.8, 4) is 0 Å². The van der Waals surface area contributed by atoms with Gasteiger partial charge in [0.15, 0.2) is 0 Å². The number of aryl methyl sites for hydroxylation is 2. The number of aliphatic hydroxyl groups excluding tert-OH is 1. The minimum atomic E-state index is -0.643. The number of ketones is 1. The summed E-state index contributed by atoms with van der Waals surface area (Å²) in [5.74, 6) is -1.35. The van der Waals surface area contributed by atoms with Crippen molar-refractivity contribution >= 4 is 40.4 Å². The van der Waals surface area contributed by atoms with Crippen LogP contribution in [-0.4, -0.2) is 28.2 Å². The Morgan fingerprint density at radius 3 is 2.28 bits per heavy atom. The van der Waals surface area contributed by atoms with Crippen LogP contribution in [0.2, 0.25) is 5.02 Å². The summed E-state index contributed by atoms with van der Waals surface area (Å²) in [5.41, 5.74) is 3.84. The molecule has 1 aliphatic rings. The van der Waals surface area contributed by atoms with E-state index in [2.05, 4.69) is 6.92 Å². The SMILES string of the molecule is CCc1ccc(/C(O)=C2/C(=O)C(=O)N(CCc3ccc(Cl)cc3)C2c2sccc2C)cc1. The van der Waals surface area contributed by atoms with E-state index in [0.717, 1.165) is 28.0 Å². The molecule has 0 radical (unpaired) electrons. The number of likely N-dealkylation sites (tertiary alicyclic amines) is 1. The lowest BCUT2D eigenvalue weighted by atomic mass is 9.97. The van der Waals surface area contributed by atoms with E-state index in [4.69, 9.17) is 11.6 Å². The van der Waals surface area contributed by atoms with Gasteiger partial charge in [0.1, 0.15) is 5.76 Å². The molecule has 2 heterocycles. The van der Waals surface area contributed by atoms with Crippen molar-refractivity contribution in [2.24, 2.45) is 0 Å². The van der Waals surface area contributed by atoms with E-state index < -0.39 is 17.7 Å². The number of hydrogen-bond donors (Lipinski definition) is 1. The van der Waals surface area contributed by atoms with Gasteiger partial charge in [0.2, 0.25) is 0 Å². The normalized spacial score (nSPS) is 17.8. The van der Waals surface area contributed by atoms with Gasteiger partial charge in [0, 0.05) is 22.0 Å². The second kappa shape index (κ2) is 9.31. The lowest BCUT2D eigenvalue weighted by molar-refractivity contribution is -0.139. The molecule has 3 aromatic rings. The highest BCUT2D eigenvalue weighted by atomic mass is 35.5. The highest BCUT2D eigenvalue weighted by Crippen LogP contribution is 2.42. The zero-order chi connectivity index (χ0) is 22.8. The van der Waals surface area contributed by atoms with Gasteiger partial charge in [0.25, 0.3) is 11.7 Å². The first-order chi connectivity index (χ1) is 15.4. The molecule has 32 heavy (non-hydrogen) atoms. The van der Waals surface area contributed by atoms with Crippen LogP contribution in [0.15, 0.2) is 65.6 Å². The lowest BCUT2D eigenvalue weighted by Crippen LogP contribution is -2.31. The average molecular weight is 466 g/mol. The van der Waals surface area contributed by atoms with Crippen LogP contribution in [0.4, 0.5) is 0 Å². The van der Waals surface area contributed by atoms with Gasteiger partial charge in [-0.3, -0.25) is 9.59 Å². The summed E-state index contributed by atoms with van der Waals surface area (Å²) in [4.78, 5) is 28.6. The van der Waals surface area contributed by atoms with Gasteiger partial charge in [0.05, 0.1) is 11.6 Å². The molecule has 0 spiro atoms. The molecule has 1 aromatic heterocycles. The van der Waals surface area contributed by atoms with Gasteiger partial charge in [-0.15, -0.1) is 11.3 Å². The van der Waals surface area contributed by atoms with Gasteiger partial charge in [-0.05, 0) is 60.0 Å². The zero-order valence-corrected chi connectivity index (χ0v) is 19.5. The first kappa shape index (κ1) is 22.3. The molecule has 0 saturated carbocycles. The molecule has 1 unspecified atom stereocenters. The number of carbonyl (C=O) groups excluding carboxylic acids is 2. The van der Waals surface area contributed by atoms with E-state index in [1.54, 1.807) is 17.0 Å². The van der Waals surface area contributed by atoms with Crippen molar-refractivity contribution in [1.29, 1.82) is 0 Å². The molecule has 6 heteroatoms. The van der Waals surface area contributed by atoms with Crippen molar-refractivity contribution in [1.82, 2.24) is 4.90 Å². The Labute approximate surface area is 196 Å². The number of carbonyl (C=O) groups is 2. The average Bonchev–Trinajstić information content (AvgIpc) is 3.33. The van der Waals surface area contributed by atoms with E-state index in [1.165, 1.54) is 11.3 Å². The molecule has 0 bridgehead atoms. The van der Waals surface area contributed by atoms with Crippen molar-refractivity contribution in [3.63, 3.8) is 0 Å². The standard InChI is InChI=1S/C26H24ClNO3S/c1-3-17-4-8-19(9-5-17)23(29)21-22(25-16(2)13-15-32-25)28(26(31)24(21)30)14-12-18-6-10-20(27)11-7-18/h4-11,13,15,22,29H,3,12,14H2,1-2H3/b23-21-. The van der Waals surface area contributed by atoms with Crippen molar-refractivity contribution in [3.05, 3.63) is 97.7 Å². The second-order valence-electron chi connectivity index (χ2n) is 7.89. The van der Waals surface area contributed by atoms with Crippen LogP contribution in [0.25, 0.3) is 5.76 Å². The fraction of sp³-hybridized carbons (Fsp3) is 0.231. The first-order valence-corrected chi connectivity index (χ1v) is 11.8. The number of benzene rings is 2. The Balaban J connectivity index is 1.74. The van der Waals surface area contributed by atoms with Crippen LogP contribution in [0.5, 0.6) is 0 Å². The molecule has 1 amide bonds. The van der Waals surface area contributed by atoms with E-state index in [0.29, 0.717) is 23.6 Å². The summed E-state index contributed by atoms with van der Waals surface area (Å²) < 4.78 is 0. The zero-order valence-electron chi connectivity index (χ0n) is 18.0. The molecule has 1 fully saturated rings. The van der Waals surface area contributed by atoms with Gasteiger partial charge in [-0.25, -0.2) is 0 Å². The highest BCUT2D eigenvalue weighted by molar-refractivity contribution is 7.10. The summed E-state index contributed by atoms with van der Waals surface area (Å²) in [7, 11) is 0. The molecule has 1 N–H and O–H groups in total. The first-order valence-electron chi connectivity index (χ1n) is 10.6. The number of aliphatic hydroxyl groups is 1. The van der Waals surface area contributed by atoms with E-state index in [-0.39, 0.29) is 11.3 Å². The topological polar surface area (TPSA) is 57.6 Å². The maximum atomic E-state index is 13.1. The molecule has 1 aliphatic heterocycles. The van der Waals surface area contributed by atoms with Crippen LogP contribution in [0.3, 0.4) is 0 Å². The van der Waals surface area contributed by atoms with Gasteiger partial charge < -0.3 is 10.0 Å². The van der Waals surface area contributed by atoms with Gasteiger partial charge in [-0.1, -0.05) is 54.9 Å². The Morgan fingerprint density at radius 1 is 1.03 bits per heavy atom. The molecule has 2 aromatic carbocycles. The quantitative estimate of drug-likeness (QED) is 0.278. The van der Waals surface area contributed by atoms with E-state index in [1.807, 2.05) is 54.8 Å². The maximum Gasteiger partial charge on any atom is 0.295 e. The minimum Gasteiger partial charge on any atom is -0.507 e. The summed E-state index contributed by atoms with van der Waals surface area (Å²) in [6.45, 7) is 4.38. The Hall–Kier alpha value is -2.89. The summed E-state index contributed by atoms with van der Waals surface area (Å²) in [6, 6.07) is 16.3. The smallest absolute Gasteiger partial charge is 0.295 e. The van der Waals surface area contributed by atoms with Crippen LogP contribution in [0, 0.1) is 6.92 Å². The molecule has 1 saturated heterocycles. The molecule has 4 nitrogen and oxygen atoms in total. The van der Waals surface area contributed by atoms with Crippen molar-refractivity contribution in [2.75, 3.05) is 6.54 Å². The fourth-order valence-corrected chi connectivity index (χ4v) is 5.17. The number of nitrogens with zero attached hydrogens (tertiary/aromatic N) is 1. The van der Waals surface area contributed by atoms with E-state index >= 15 is 0 Å². The highest BCUT2D eigenvalue weighted by Gasteiger charge is 2.46. The van der Waals surface area contributed by atoms with Crippen LogP contribution < -0.4 is 0 Å². The Kier molecular flexibility index (Phi) is 6.49. The third kappa shape index (κ3) is 4.23. The lowest BCUT2D eigenvalue weighted by Gasteiger charge is -2.25. The molecule has 4 rings (SSSR count). The van der Waals surface area contributed by atoms with Crippen molar-refractivity contribution < 1.29 is 14.7 Å². The van der Waals surface area contributed by atoms with E-state index in [9.17, 15) is 14.7 Å². The molecular formula is C26H24ClNO3S. The number of halogens is 1. The molecular weight excluding hydrogens is 442 g/mol. The van der Waals surface area contributed by atoms with Gasteiger partial charge in [-0.2, -0.15) is 0 Å². The second-order valence-corrected chi connectivity index (χ2v) is 9.27. The Bertz CT molecular complexity index is 1180. The number of hydrogen-bond acceptors (Lipinski definition) is 4. The number of rotatable bonds is 6. The minimum absolute atomic E-state index is 0.127. The van der Waals surface area contributed by atoms with Crippen molar-refractivity contribution in [2.45, 2.75) is 32.7 Å². The van der Waals surface area contributed by atoms with Crippen LogP contribution in [0.1, 0.15) is 40.1 Å². The van der Waals surface area contributed by atoms with Gasteiger partial charge >= 0.3 is 0 Å². The predicted molar refractivity (Wildman–Crippen MR) is 129 cm³/mol. The number of thiophene rings is 1. The fourth-order valence-electron chi connectivity index (χ4n) is 4.00. The van der Waals surface area contributed by atoms with Crippen LogP contribution >= 0.6 is 22.9 Å². The molecule has 164 valence electrons. The summed E-state index contributed by atoms with van der Waals surface area (Å²) in [6.07, 6.45) is 1.46. The third-order valence-corrected chi connectivity index (χ3v) is 7.20. The largest absolute Gasteiger partial charge is 0.507 e. The maximum absolute atomic E-state index is 13.1. The number of Topliss-reactive ketones (excluding diaryl/α,β-unsaturated/α-hetero) is 1.